The highest BCUT2D eigenvalue weighted by molar-refractivity contribution is 5.83. The first-order chi connectivity index (χ1) is 9.61. The topological polar surface area (TPSA) is 50.4 Å². The third-order valence-electron chi connectivity index (χ3n) is 4.66. The normalized spacial score (nSPS) is 22.4. The zero-order valence-electron chi connectivity index (χ0n) is 12.1. The average molecular weight is 274 g/mol. The summed E-state index contributed by atoms with van der Waals surface area (Å²) in [7, 11) is 0. The minimum absolute atomic E-state index is 0.0149. The number of carbonyl (C=O) groups is 1. The number of nitrogens with one attached hydrogen (secondary N) is 2. The highest BCUT2D eigenvalue weighted by Crippen LogP contribution is 2.51. The van der Waals surface area contributed by atoms with Crippen molar-refractivity contribution >= 4 is 11.6 Å². The number of carbonyl (C=O) groups excluding carboxylic acids is 1. The van der Waals surface area contributed by atoms with Gasteiger partial charge in [0.15, 0.2) is 6.10 Å². The Kier molecular flexibility index (Phi) is 3.32. The minimum Gasteiger partial charge on any atom is -0.477 e. The number of para-hydroxylation sites is 2. The van der Waals surface area contributed by atoms with Crippen molar-refractivity contribution < 1.29 is 9.53 Å². The van der Waals surface area contributed by atoms with Crippen molar-refractivity contribution in [3.63, 3.8) is 0 Å². The van der Waals surface area contributed by atoms with Gasteiger partial charge in [-0.2, -0.15) is 0 Å². The SMILES string of the molecule is CC(C)C1(CNC(=O)C2CNc3ccccc3O2)CC1. The second-order valence-electron chi connectivity index (χ2n) is 6.22. The van der Waals surface area contributed by atoms with Crippen molar-refractivity contribution in [2.45, 2.75) is 32.8 Å². The molecule has 0 saturated heterocycles. The van der Waals surface area contributed by atoms with Gasteiger partial charge in [-0.05, 0) is 36.3 Å². The van der Waals surface area contributed by atoms with E-state index in [4.69, 9.17) is 4.74 Å². The molecule has 3 rings (SSSR count). The maximum atomic E-state index is 12.2. The maximum absolute atomic E-state index is 12.2. The average Bonchev–Trinajstić information content (AvgIpc) is 3.25. The summed E-state index contributed by atoms with van der Waals surface area (Å²) >= 11 is 0. The van der Waals surface area contributed by atoms with Crippen molar-refractivity contribution in [3.05, 3.63) is 24.3 Å². The van der Waals surface area contributed by atoms with Crippen LogP contribution in [0.2, 0.25) is 0 Å². The van der Waals surface area contributed by atoms with E-state index in [0.717, 1.165) is 18.0 Å². The van der Waals surface area contributed by atoms with Gasteiger partial charge in [0.25, 0.3) is 5.91 Å². The van der Waals surface area contributed by atoms with E-state index in [1.54, 1.807) is 0 Å². The monoisotopic (exact) mass is 274 g/mol. The summed E-state index contributed by atoms with van der Waals surface area (Å²) in [5.74, 6) is 1.36. The Morgan fingerprint density at radius 2 is 2.20 bits per heavy atom. The molecule has 108 valence electrons. The quantitative estimate of drug-likeness (QED) is 0.886. The van der Waals surface area contributed by atoms with Crippen LogP contribution < -0.4 is 15.4 Å². The molecule has 0 spiro atoms. The van der Waals surface area contributed by atoms with E-state index in [0.29, 0.717) is 17.9 Å². The molecule has 0 aromatic heterocycles. The molecule has 4 heteroatoms. The molecule has 0 radical (unpaired) electrons. The standard InChI is InChI=1S/C16H22N2O2/c1-11(2)16(7-8-16)10-18-15(19)14-9-17-12-5-3-4-6-13(12)20-14/h3-6,11,14,17H,7-10H2,1-2H3,(H,18,19). The predicted molar refractivity (Wildman–Crippen MR) is 78.9 cm³/mol. The van der Waals surface area contributed by atoms with Gasteiger partial charge in [-0.15, -0.1) is 0 Å². The molecule has 1 aliphatic heterocycles. The van der Waals surface area contributed by atoms with Crippen LogP contribution in [0.3, 0.4) is 0 Å². The maximum Gasteiger partial charge on any atom is 0.262 e. The van der Waals surface area contributed by atoms with Crippen LogP contribution in [-0.4, -0.2) is 25.1 Å². The number of ether oxygens (including phenoxy) is 1. The molecular formula is C16H22N2O2. The third kappa shape index (κ3) is 2.47. The fraction of sp³-hybridized carbons (Fsp3) is 0.562. The van der Waals surface area contributed by atoms with Crippen molar-refractivity contribution in [3.8, 4) is 5.75 Å². The summed E-state index contributed by atoms with van der Waals surface area (Å²) in [5.41, 5.74) is 1.28. The van der Waals surface area contributed by atoms with Crippen LogP contribution in [0.4, 0.5) is 5.69 Å². The number of hydrogen-bond acceptors (Lipinski definition) is 3. The second-order valence-corrected chi connectivity index (χ2v) is 6.22. The molecule has 1 saturated carbocycles. The molecule has 0 bridgehead atoms. The number of rotatable bonds is 4. The molecule has 1 fully saturated rings. The van der Waals surface area contributed by atoms with Crippen LogP contribution in [0.15, 0.2) is 24.3 Å². The van der Waals surface area contributed by atoms with Crippen LogP contribution in [0.1, 0.15) is 26.7 Å². The van der Waals surface area contributed by atoms with E-state index in [9.17, 15) is 4.79 Å². The van der Waals surface area contributed by atoms with Crippen LogP contribution in [0.25, 0.3) is 0 Å². The molecule has 1 heterocycles. The summed E-state index contributed by atoms with van der Waals surface area (Å²) in [6.07, 6.45) is 2.00. The van der Waals surface area contributed by atoms with Crippen molar-refractivity contribution in [2.24, 2.45) is 11.3 Å². The molecule has 1 aromatic rings. The molecule has 1 unspecified atom stereocenters. The Labute approximate surface area is 119 Å². The van der Waals surface area contributed by atoms with E-state index in [1.165, 1.54) is 12.8 Å². The second kappa shape index (κ2) is 5.00. The fourth-order valence-corrected chi connectivity index (χ4v) is 2.76. The van der Waals surface area contributed by atoms with Crippen LogP contribution >= 0.6 is 0 Å². The predicted octanol–water partition coefficient (Wildman–Crippen LogP) is 2.41. The van der Waals surface area contributed by atoms with E-state index < -0.39 is 6.10 Å². The van der Waals surface area contributed by atoms with E-state index in [1.807, 2.05) is 24.3 Å². The summed E-state index contributed by atoms with van der Waals surface area (Å²) in [6.45, 7) is 5.75. The molecule has 1 aromatic carbocycles. The first kappa shape index (κ1) is 13.3. The van der Waals surface area contributed by atoms with Crippen LogP contribution in [0.5, 0.6) is 5.75 Å². The minimum atomic E-state index is -0.437. The van der Waals surface area contributed by atoms with E-state index in [2.05, 4.69) is 24.5 Å². The smallest absolute Gasteiger partial charge is 0.262 e. The number of hydrogen-bond donors (Lipinski definition) is 2. The molecule has 4 nitrogen and oxygen atoms in total. The van der Waals surface area contributed by atoms with Gasteiger partial charge in [-0.3, -0.25) is 4.79 Å². The van der Waals surface area contributed by atoms with Gasteiger partial charge in [-0.1, -0.05) is 26.0 Å². The zero-order chi connectivity index (χ0) is 14.2. The molecule has 1 aliphatic carbocycles. The van der Waals surface area contributed by atoms with Gasteiger partial charge >= 0.3 is 0 Å². The summed E-state index contributed by atoms with van der Waals surface area (Å²) in [6, 6.07) is 7.72. The Bertz CT molecular complexity index is 509. The lowest BCUT2D eigenvalue weighted by atomic mass is 9.92. The van der Waals surface area contributed by atoms with Crippen molar-refractivity contribution in [2.75, 3.05) is 18.4 Å². The highest BCUT2D eigenvalue weighted by atomic mass is 16.5. The van der Waals surface area contributed by atoms with E-state index >= 15 is 0 Å². The van der Waals surface area contributed by atoms with Gasteiger partial charge < -0.3 is 15.4 Å². The lowest BCUT2D eigenvalue weighted by Crippen LogP contribution is -2.46. The van der Waals surface area contributed by atoms with Crippen LogP contribution in [0, 0.1) is 11.3 Å². The van der Waals surface area contributed by atoms with Gasteiger partial charge in [-0.25, -0.2) is 0 Å². The number of benzene rings is 1. The van der Waals surface area contributed by atoms with Crippen LogP contribution in [-0.2, 0) is 4.79 Å². The molecule has 2 aliphatic rings. The van der Waals surface area contributed by atoms with Gasteiger partial charge in [0.1, 0.15) is 5.75 Å². The summed E-state index contributed by atoms with van der Waals surface area (Å²) in [5, 5.41) is 6.31. The Morgan fingerprint density at radius 3 is 2.90 bits per heavy atom. The molecular weight excluding hydrogens is 252 g/mol. The highest BCUT2D eigenvalue weighted by Gasteiger charge is 2.45. The van der Waals surface area contributed by atoms with Gasteiger partial charge in [0.2, 0.25) is 0 Å². The van der Waals surface area contributed by atoms with Gasteiger partial charge in [0.05, 0.1) is 12.2 Å². The summed E-state index contributed by atoms with van der Waals surface area (Å²) < 4.78 is 5.77. The molecule has 1 atom stereocenters. The zero-order valence-corrected chi connectivity index (χ0v) is 12.1. The third-order valence-corrected chi connectivity index (χ3v) is 4.66. The first-order valence-corrected chi connectivity index (χ1v) is 7.38. The molecule has 20 heavy (non-hydrogen) atoms. The fourth-order valence-electron chi connectivity index (χ4n) is 2.76. The first-order valence-electron chi connectivity index (χ1n) is 7.38. The van der Waals surface area contributed by atoms with E-state index in [-0.39, 0.29) is 5.91 Å². The number of fused-ring (bicyclic) bond motifs is 1. The lowest BCUT2D eigenvalue weighted by Gasteiger charge is -2.27. The number of amides is 1. The molecule has 2 N–H and O–H groups in total. The van der Waals surface area contributed by atoms with Crippen molar-refractivity contribution in [1.29, 1.82) is 0 Å². The lowest BCUT2D eigenvalue weighted by molar-refractivity contribution is -0.127. The molecule has 1 amide bonds. The summed E-state index contributed by atoms with van der Waals surface area (Å²) in [4.78, 5) is 12.2. The van der Waals surface area contributed by atoms with Crippen molar-refractivity contribution in [1.82, 2.24) is 5.32 Å². The Morgan fingerprint density at radius 1 is 1.45 bits per heavy atom. The Hall–Kier alpha value is -1.71. The Balaban J connectivity index is 1.57. The number of anilines is 1. The largest absolute Gasteiger partial charge is 0.477 e. The van der Waals surface area contributed by atoms with Gasteiger partial charge in [0, 0.05) is 6.54 Å².